The van der Waals surface area contributed by atoms with Crippen LogP contribution >= 0.6 is 0 Å². The van der Waals surface area contributed by atoms with Crippen molar-refractivity contribution in [2.24, 2.45) is 14.1 Å². The molecule has 0 saturated heterocycles. The summed E-state index contributed by atoms with van der Waals surface area (Å²) >= 11 is 0. The van der Waals surface area contributed by atoms with Crippen molar-refractivity contribution in [3.8, 4) is 23.0 Å². The van der Waals surface area contributed by atoms with E-state index in [-0.39, 0.29) is 10.6 Å². The van der Waals surface area contributed by atoms with E-state index in [2.05, 4.69) is 9.29 Å². The van der Waals surface area contributed by atoms with Gasteiger partial charge >= 0.3 is 5.69 Å². The summed E-state index contributed by atoms with van der Waals surface area (Å²) in [6.07, 6.45) is 1.99. The average molecular weight is 557 g/mol. The van der Waals surface area contributed by atoms with Gasteiger partial charge in [-0.05, 0) is 73.3 Å². The van der Waals surface area contributed by atoms with Crippen LogP contribution in [0.2, 0.25) is 0 Å². The smallest absolute Gasteiger partial charge is 0.328 e. The van der Waals surface area contributed by atoms with Crippen molar-refractivity contribution in [1.29, 1.82) is 0 Å². The Labute approximate surface area is 230 Å². The molecule has 0 atom stereocenters. The Morgan fingerprint density at radius 3 is 2.38 bits per heavy atom. The number of rotatable bonds is 7. The van der Waals surface area contributed by atoms with Gasteiger partial charge in [-0.15, -0.1) is 0 Å². The number of methoxy groups -OCH3 is 1. The lowest BCUT2D eigenvalue weighted by Crippen LogP contribution is -2.19. The zero-order valence-corrected chi connectivity index (χ0v) is 23.3. The van der Waals surface area contributed by atoms with Gasteiger partial charge in [-0.3, -0.25) is 13.7 Å². The number of sulfonamides is 1. The number of imidazole rings is 2. The lowest BCUT2D eigenvalue weighted by molar-refractivity contribution is 0.414. The Morgan fingerprint density at radius 2 is 1.65 bits per heavy atom. The third-order valence-corrected chi connectivity index (χ3v) is 8.70. The normalized spacial score (nSPS) is 12.0. The Balaban J connectivity index is 1.59. The SMILES string of the molecule is CNS(=O)(=O)c1ccc2nc(-c3cccn3Cc3ccc(OC)cc3)n(-c3ccc4c(c3)n(C)c(=O)n4C)c2c1. The summed E-state index contributed by atoms with van der Waals surface area (Å²) in [4.78, 5) is 17.7. The third-order valence-electron chi connectivity index (χ3n) is 7.29. The van der Waals surface area contributed by atoms with Crippen molar-refractivity contribution in [1.82, 2.24) is 28.0 Å². The number of fused-ring (bicyclic) bond motifs is 2. The zero-order valence-electron chi connectivity index (χ0n) is 22.5. The van der Waals surface area contributed by atoms with Crippen molar-refractivity contribution in [3.05, 3.63) is 95.0 Å². The van der Waals surface area contributed by atoms with E-state index in [9.17, 15) is 13.2 Å². The summed E-state index contributed by atoms with van der Waals surface area (Å²) in [5, 5.41) is 0. The summed E-state index contributed by atoms with van der Waals surface area (Å²) in [5.41, 5.74) is 5.39. The van der Waals surface area contributed by atoms with E-state index in [0.717, 1.165) is 33.7 Å². The second kappa shape index (κ2) is 9.54. The van der Waals surface area contributed by atoms with Crippen molar-refractivity contribution in [3.63, 3.8) is 0 Å². The van der Waals surface area contributed by atoms with Crippen LogP contribution in [0.4, 0.5) is 0 Å². The molecule has 6 aromatic rings. The van der Waals surface area contributed by atoms with E-state index in [4.69, 9.17) is 9.72 Å². The van der Waals surface area contributed by atoms with E-state index in [1.165, 1.54) is 7.05 Å². The minimum atomic E-state index is -3.69. The molecule has 0 fully saturated rings. The van der Waals surface area contributed by atoms with Gasteiger partial charge in [0.15, 0.2) is 5.82 Å². The van der Waals surface area contributed by atoms with Gasteiger partial charge in [0.2, 0.25) is 10.0 Å². The molecule has 3 aromatic carbocycles. The highest BCUT2D eigenvalue weighted by atomic mass is 32.2. The van der Waals surface area contributed by atoms with Crippen LogP contribution in [0.5, 0.6) is 5.75 Å². The first-order valence-electron chi connectivity index (χ1n) is 12.6. The largest absolute Gasteiger partial charge is 0.497 e. The summed E-state index contributed by atoms with van der Waals surface area (Å²) in [5.74, 6) is 1.43. The minimum absolute atomic E-state index is 0.126. The van der Waals surface area contributed by atoms with Crippen LogP contribution in [0.1, 0.15) is 5.56 Å². The standard InChI is InChI=1S/C29H28N6O4S/c1-30-40(37,38)22-12-13-23-26(17-22)35(20-9-14-24-27(16-20)33(3)29(36)32(24)2)28(31-23)25-6-5-15-34(25)18-19-7-10-21(39-4)11-8-19/h5-17,30H,18H2,1-4H3. The minimum Gasteiger partial charge on any atom is -0.497 e. The fourth-order valence-electron chi connectivity index (χ4n) is 5.09. The van der Waals surface area contributed by atoms with Crippen molar-refractivity contribution in [2.45, 2.75) is 11.4 Å². The first-order valence-corrected chi connectivity index (χ1v) is 14.1. The quantitative estimate of drug-likeness (QED) is 0.323. The molecule has 0 aliphatic heterocycles. The monoisotopic (exact) mass is 556 g/mol. The van der Waals surface area contributed by atoms with Gasteiger partial charge in [0.1, 0.15) is 5.75 Å². The number of hydrogen-bond acceptors (Lipinski definition) is 5. The lowest BCUT2D eigenvalue weighted by atomic mass is 10.2. The average Bonchev–Trinajstić information content (AvgIpc) is 3.64. The number of benzene rings is 3. The molecule has 0 bridgehead atoms. The Kier molecular flexibility index (Phi) is 6.12. The van der Waals surface area contributed by atoms with E-state index in [0.29, 0.717) is 23.4 Å². The van der Waals surface area contributed by atoms with E-state index in [1.54, 1.807) is 48.5 Å². The molecule has 0 aliphatic rings. The molecule has 1 N–H and O–H groups in total. The highest BCUT2D eigenvalue weighted by molar-refractivity contribution is 7.89. The lowest BCUT2D eigenvalue weighted by Gasteiger charge is -2.14. The molecular weight excluding hydrogens is 528 g/mol. The second-order valence-corrected chi connectivity index (χ2v) is 11.5. The summed E-state index contributed by atoms with van der Waals surface area (Å²) in [6, 6.07) is 22.5. The van der Waals surface area contributed by atoms with Gasteiger partial charge in [-0.1, -0.05) is 12.1 Å². The summed E-state index contributed by atoms with van der Waals surface area (Å²) in [6.45, 7) is 0.598. The third kappa shape index (κ3) is 4.10. The molecule has 204 valence electrons. The molecule has 3 heterocycles. The number of nitrogens with zero attached hydrogens (tertiary/aromatic N) is 5. The van der Waals surface area contributed by atoms with Crippen molar-refractivity contribution < 1.29 is 13.2 Å². The highest BCUT2D eigenvalue weighted by Gasteiger charge is 2.21. The molecule has 10 nitrogen and oxygen atoms in total. The molecule has 3 aromatic heterocycles. The number of hydrogen-bond donors (Lipinski definition) is 1. The number of aryl methyl sites for hydroxylation is 2. The van der Waals surface area contributed by atoms with Gasteiger partial charge in [0.05, 0.1) is 39.8 Å². The van der Waals surface area contributed by atoms with E-state index >= 15 is 0 Å². The van der Waals surface area contributed by atoms with Crippen LogP contribution in [0.3, 0.4) is 0 Å². The number of ether oxygens (including phenoxy) is 1. The molecule has 0 radical (unpaired) electrons. The van der Waals surface area contributed by atoms with Gasteiger partial charge in [0, 0.05) is 32.5 Å². The molecule has 11 heteroatoms. The van der Waals surface area contributed by atoms with Crippen LogP contribution in [-0.4, -0.2) is 45.8 Å². The fraction of sp³-hybridized carbons (Fsp3) is 0.172. The van der Waals surface area contributed by atoms with E-state index in [1.807, 2.05) is 65.4 Å². The maximum atomic E-state index is 12.7. The number of aromatic nitrogens is 5. The maximum Gasteiger partial charge on any atom is 0.328 e. The van der Waals surface area contributed by atoms with Crippen LogP contribution in [-0.2, 0) is 30.7 Å². The van der Waals surface area contributed by atoms with Gasteiger partial charge in [0.25, 0.3) is 0 Å². The van der Waals surface area contributed by atoms with Gasteiger partial charge in [-0.25, -0.2) is 22.9 Å². The molecule has 6 rings (SSSR count). The first kappa shape index (κ1) is 25.7. The number of nitrogens with one attached hydrogen (secondary N) is 1. The van der Waals surface area contributed by atoms with Gasteiger partial charge < -0.3 is 9.30 Å². The molecule has 40 heavy (non-hydrogen) atoms. The second-order valence-electron chi connectivity index (χ2n) is 9.57. The van der Waals surface area contributed by atoms with Crippen molar-refractivity contribution in [2.75, 3.05) is 14.2 Å². The first-order chi connectivity index (χ1) is 19.2. The van der Waals surface area contributed by atoms with E-state index < -0.39 is 10.0 Å². The fourth-order valence-corrected chi connectivity index (χ4v) is 5.84. The highest BCUT2D eigenvalue weighted by Crippen LogP contribution is 2.32. The topological polar surface area (TPSA) is 105 Å². The summed E-state index contributed by atoms with van der Waals surface area (Å²) in [7, 11) is 2.82. The molecule has 0 spiro atoms. The maximum absolute atomic E-state index is 12.7. The Hall–Kier alpha value is -4.61. The molecular formula is C29H28N6O4S. The predicted octanol–water partition coefficient (Wildman–Crippen LogP) is 3.65. The Bertz CT molecular complexity index is 2060. The predicted molar refractivity (Wildman–Crippen MR) is 155 cm³/mol. The zero-order chi connectivity index (χ0) is 28.2. The van der Waals surface area contributed by atoms with Crippen LogP contribution in [0, 0.1) is 0 Å². The van der Waals surface area contributed by atoms with Crippen molar-refractivity contribution >= 4 is 32.1 Å². The molecule has 0 saturated carbocycles. The summed E-state index contributed by atoms with van der Waals surface area (Å²) < 4.78 is 40.3. The molecule has 0 aliphatic carbocycles. The van der Waals surface area contributed by atoms with Crippen LogP contribution in [0.15, 0.2) is 88.7 Å². The van der Waals surface area contributed by atoms with Gasteiger partial charge in [-0.2, -0.15) is 0 Å². The van der Waals surface area contributed by atoms with Crippen LogP contribution in [0.25, 0.3) is 39.3 Å². The van der Waals surface area contributed by atoms with Crippen LogP contribution < -0.4 is 15.1 Å². The molecule has 0 unspecified atom stereocenters. The Morgan fingerprint density at radius 1 is 0.900 bits per heavy atom. The molecule has 0 amide bonds.